The maximum Gasteiger partial charge on any atom is 0.242 e. The first-order chi connectivity index (χ1) is 7.51. The second kappa shape index (κ2) is 4.47. The summed E-state index contributed by atoms with van der Waals surface area (Å²) in [5, 5.41) is 0. The van der Waals surface area contributed by atoms with Crippen molar-refractivity contribution < 1.29 is 4.79 Å². The molecule has 1 aromatic rings. The van der Waals surface area contributed by atoms with E-state index in [0.29, 0.717) is 0 Å². The molecule has 1 aromatic heterocycles. The SMILES string of the molecule is CN(CCc1ccc(Br)s1)C(=O)C1(N)CC1. The number of carbonyl (C=O) groups is 1. The molecule has 1 heterocycles. The summed E-state index contributed by atoms with van der Waals surface area (Å²) in [5.41, 5.74) is 5.33. The molecule has 0 radical (unpaired) electrons. The fourth-order valence-corrected chi connectivity index (χ4v) is 3.07. The standard InChI is InChI=1S/C11H15BrN2OS/c1-14(10(15)11(13)5-6-11)7-4-8-2-3-9(12)16-8/h2-3H,4-7,13H2,1H3. The number of nitrogens with two attached hydrogens (primary N) is 1. The molecule has 1 aliphatic rings. The van der Waals surface area contributed by atoms with Crippen LogP contribution >= 0.6 is 27.3 Å². The summed E-state index contributed by atoms with van der Waals surface area (Å²) in [5.74, 6) is 0.0862. The van der Waals surface area contributed by atoms with Gasteiger partial charge in [0.15, 0.2) is 0 Å². The highest BCUT2D eigenvalue weighted by molar-refractivity contribution is 9.11. The molecule has 0 spiro atoms. The Kier molecular flexibility index (Phi) is 3.37. The number of likely N-dealkylation sites (N-methyl/N-ethyl adjacent to an activating group) is 1. The fraction of sp³-hybridized carbons (Fsp3) is 0.545. The van der Waals surface area contributed by atoms with Gasteiger partial charge in [-0.3, -0.25) is 4.79 Å². The molecule has 0 atom stereocenters. The van der Waals surface area contributed by atoms with Gasteiger partial charge in [0.2, 0.25) is 5.91 Å². The first-order valence-corrected chi connectivity index (χ1v) is 6.91. The minimum Gasteiger partial charge on any atom is -0.344 e. The zero-order chi connectivity index (χ0) is 11.8. The van der Waals surface area contributed by atoms with Crippen molar-refractivity contribution in [3.63, 3.8) is 0 Å². The number of hydrogen-bond donors (Lipinski definition) is 1. The molecule has 16 heavy (non-hydrogen) atoms. The number of rotatable bonds is 4. The molecule has 0 saturated heterocycles. The summed E-state index contributed by atoms with van der Waals surface area (Å²) in [4.78, 5) is 14.9. The van der Waals surface area contributed by atoms with Crippen LogP contribution in [-0.2, 0) is 11.2 Å². The van der Waals surface area contributed by atoms with Crippen LogP contribution in [0, 0.1) is 0 Å². The van der Waals surface area contributed by atoms with Crippen molar-refractivity contribution in [2.24, 2.45) is 5.73 Å². The number of hydrogen-bond acceptors (Lipinski definition) is 3. The minimum absolute atomic E-state index is 0.0862. The molecule has 1 saturated carbocycles. The Morgan fingerprint density at radius 3 is 2.81 bits per heavy atom. The van der Waals surface area contributed by atoms with E-state index >= 15 is 0 Å². The van der Waals surface area contributed by atoms with Crippen molar-refractivity contribution in [2.75, 3.05) is 13.6 Å². The molecule has 5 heteroatoms. The lowest BCUT2D eigenvalue weighted by Crippen LogP contribution is -2.44. The Bertz CT molecular complexity index is 400. The second-order valence-electron chi connectivity index (χ2n) is 4.34. The van der Waals surface area contributed by atoms with E-state index in [0.717, 1.165) is 29.6 Å². The van der Waals surface area contributed by atoms with E-state index in [9.17, 15) is 4.79 Å². The number of amides is 1. The van der Waals surface area contributed by atoms with Gasteiger partial charge in [-0.05, 0) is 47.3 Å². The maximum absolute atomic E-state index is 11.8. The van der Waals surface area contributed by atoms with Crippen molar-refractivity contribution in [2.45, 2.75) is 24.8 Å². The first kappa shape index (κ1) is 12.1. The number of halogens is 1. The molecular weight excluding hydrogens is 288 g/mol. The lowest BCUT2D eigenvalue weighted by atomic mass is 10.2. The highest BCUT2D eigenvalue weighted by Crippen LogP contribution is 2.33. The van der Waals surface area contributed by atoms with Crippen molar-refractivity contribution in [3.05, 3.63) is 20.8 Å². The molecule has 0 bridgehead atoms. The largest absolute Gasteiger partial charge is 0.344 e. The summed E-state index contributed by atoms with van der Waals surface area (Å²) >= 11 is 5.14. The summed E-state index contributed by atoms with van der Waals surface area (Å²) in [6, 6.07) is 4.12. The van der Waals surface area contributed by atoms with E-state index in [-0.39, 0.29) is 5.91 Å². The minimum atomic E-state index is -0.537. The third kappa shape index (κ3) is 2.64. The van der Waals surface area contributed by atoms with E-state index in [1.54, 1.807) is 16.2 Å². The van der Waals surface area contributed by atoms with Crippen LogP contribution in [0.25, 0.3) is 0 Å². The van der Waals surface area contributed by atoms with Crippen LogP contribution in [0.3, 0.4) is 0 Å². The highest BCUT2D eigenvalue weighted by atomic mass is 79.9. The van der Waals surface area contributed by atoms with Crippen LogP contribution in [-0.4, -0.2) is 29.9 Å². The van der Waals surface area contributed by atoms with E-state index < -0.39 is 5.54 Å². The lowest BCUT2D eigenvalue weighted by Gasteiger charge is -2.20. The third-order valence-electron chi connectivity index (χ3n) is 2.88. The molecule has 1 fully saturated rings. The Hall–Kier alpha value is -0.390. The molecule has 2 rings (SSSR count). The summed E-state index contributed by atoms with van der Waals surface area (Å²) in [6.45, 7) is 0.741. The smallest absolute Gasteiger partial charge is 0.242 e. The van der Waals surface area contributed by atoms with Gasteiger partial charge in [0.1, 0.15) is 0 Å². The lowest BCUT2D eigenvalue weighted by molar-refractivity contribution is -0.132. The average molecular weight is 303 g/mol. The van der Waals surface area contributed by atoms with Crippen molar-refractivity contribution in [1.29, 1.82) is 0 Å². The molecule has 1 aliphatic carbocycles. The molecular formula is C11H15BrN2OS. The van der Waals surface area contributed by atoms with Gasteiger partial charge in [0, 0.05) is 18.5 Å². The molecule has 0 unspecified atom stereocenters. The summed E-state index contributed by atoms with van der Waals surface area (Å²) in [7, 11) is 1.83. The normalized spacial score (nSPS) is 17.2. The van der Waals surface area contributed by atoms with Gasteiger partial charge in [-0.25, -0.2) is 0 Å². The van der Waals surface area contributed by atoms with Crippen LogP contribution in [0.1, 0.15) is 17.7 Å². The van der Waals surface area contributed by atoms with Crippen LogP contribution in [0.5, 0.6) is 0 Å². The quantitative estimate of drug-likeness (QED) is 0.925. The Labute approximate surface area is 108 Å². The van der Waals surface area contributed by atoms with Gasteiger partial charge in [0.25, 0.3) is 0 Å². The fourth-order valence-electron chi connectivity index (χ4n) is 1.59. The van der Waals surface area contributed by atoms with Gasteiger partial charge in [-0.2, -0.15) is 0 Å². The predicted octanol–water partition coefficient (Wildman–Crippen LogP) is 2.00. The van der Waals surface area contributed by atoms with Gasteiger partial charge in [0.05, 0.1) is 9.33 Å². The third-order valence-corrected chi connectivity index (χ3v) is 4.57. The predicted molar refractivity (Wildman–Crippen MR) is 69.5 cm³/mol. The Morgan fingerprint density at radius 1 is 1.62 bits per heavy atom. The van der Waals surface area contributed by atoms with Crippen molar-refractivity contribution >= 4 is 33.2 Å². The molecule has 0 aliphatic heterocycles. The van der Waals surface area contributed by atoms with Gasteiger partial charge in [-0.15, -0.1) is 11.3 Å². The van der Waals surface area contributed by atoms with Gasteiger partial charge < -0.3 is 10.6 Å². The number of thiophene rings is 1. The number of carbonyl (C=O) groups excluding carboxylic acids is 1. The topological polar surface area (TPSA) is 46.3 Å². The Morgan fingerprint density at radius 2 is 2.31 bits per heavy atom. The van der Waals surface area contributed by atoms with Crippen LogP contribution in [0.4, 0.5) is 0 Å². The van der Waals surface area contributed by atoms with Crippen LogP contribution < -0.4 is 5.73 Å². The molecule has 1 amide bonds. The highest BCUT2D eigenvalue weighted by Gasteiger charge is 2.47. The molecule has 2 N–H and O–H groups in total. The van der Waals surface area contributed by atoms with Crippen molar-refractivity contribution in [1.82, 2.24) is 4.90 Å². The second-order valence-corrected chi connectivity index (χ2v) is 6.89. The van der Waals surface area contributed by atoms with E-state index in [4.69, 9.17) is 5.73 Å². The van der Waals surface area contributed by atoms with Crippen LogP contribution in [0.2, 0.25) is 0 Å². The number of nitrogens with zero attached hydrogens (tertiary/aromatic N) is 1. The summed E-state index contributed by atoms with van der Waals surface area (Å²) in [6.07, 6.45) is 2.57. The zero-order valence-corrected chi connectivity index (χ0v) is 11.6. The molecule has 3 nitrogen and oxygen atoms in total. The monoisotopic (exact) mass is 302 g/mol. The first-order valence-electron chi connectivity index (χ1n) is 5.30. The molecule has 88 valence electrons. The molecule has 0 aromatic carbocycles. The van der Waals surface area contributed by atoms with Gasteiger partial charge in [-0.1, -0.05) is 0 Å². The maximum atomic E-state index is 11.8. The zero-order valence-electron chi connectivity index (χ0n) is 9.20. The van der Waals surface area contributed by atoms with Crippen molar-refractivity contribution in [3.8, 4) is 0 Å². The van der Waals surface area contributed by atoms with E-state index in [1.165, 1.54) is 4.88 Å². The Balaban J connectivity index is 1.84. The van der Waals surface area contributed by atoms with Gasteiger partial charge >= 0.3 is 0 Å². The average Bonchev–Trinajstić information content (AvgIpc) is 2.86. The van der Waals surface area contributed by atoms with Crippen LogP contribution in [0.15, 0.2) is 15.9 Å². The van der Waals surface area contributed by atoms with E-state index in [1.807, 2.05) is 13.1 Å². The summed E-state index contributed by atoms with van der Waals surface area (Å²) < 4.78 is 1.13. The van der Waals surface area contributed by atoms with E-state index in [2.05, 4.69) is 22.0 Å².